The third-order valence-electron chi connectivity index (χ3n) is 4.08. The largest absolute Gasteiger partial charge is 0.489 e. The first-order valence-corrected chi connectivity index (χ1v) is 7.69. The second-order valence-electron chi connectivity index (χ2n) is 5.95. The minimum absolute atomic E-state index is 0.00100. The summed E-state index contributed by atoms with van der Waals surface area (Å²) >= 11 is 0. The Balaban J connectivity index is 2.11. The van der Waals surface area contributed by atoms with Crippen LogP contribution in [0, 0.1) is 0 Å². The lowest BCUT2D eigenvalue weighted by Gasteiger charge is -2.16. The summed E-state index contributed by atoms with van der Waals surface area (Å²) in [6.07, 6.45) is -10.0. The second-order valence-corrected chi connectivity index (χ2v) is 5.95. The van der Waals surface area contributed by atoms with Gasteiger partial charge in [-0.15, -0.1) is 0 Å². The number of rotatable bonds is 3. The molecule has 0 amide bonds. The molecule has 2 aromatic rings. The van der Waals surface area contributed by atoms with Crippen molar-refractivity contribution in [2.75, 3.05) is 6.54 Å². The molecule has 0 aromatic heterocycles. The van der Waals surface area contributed by atoms with Crippen molar-refractivity contribution in [3.8, 4) is 16.9 Å². The van der Waals surface area contributed by atoms with Gasteiger partial charge in [-0.1, -0.05) is 23.3 Å². The Bertz CT molecular complexity index is 884. The number of benzene rings is 2. The molecular weight excluding hydrogens is 376 g/mol. The van der Waals surface area contributed by atoms with Gasteiger partial charge in [-0.3, -0.25) is 0 Å². The van der Waals surface area contributed by atoms with E-state index in [0.717, 1.165) is 0 Å². The summed E-state index contributed by atoms with van der Waals surface area (Å²) in [5.74, 6) is 0.197. The molecule has 10 heteroatoms. The Labute approximate surface area is 149 Å². The van der Waals surface area contributed by atoms with E-state index in [0.29, 0.717) is 24.1 Å². The summed E-state index contributed by atoms with van der Waals surface area (Å²) in [6, 6.07) is 5.99. The van der Waals surface area contributed by atoms with Crippen molar-refractivity contribution in [2.24, 2.45) is 5.11 Å². The van der Waals surface area contributed by atoms with Gasteiger partial charge >= 0.3 is 12.4 Å². The number of ether oxygens (including phenoxy) is 1. The van der Waals surface area contributed by atoms with Crippen molar-refractivity contribution in [3.63, 3.8) is 0 Å². The van der Waals surface area contributed by atoms with Crippen LogP contribution in [0.4, 0.5) is 26.3 Å². The highest BCUT2D eigenvalue weighted by Crippen LogP contribution is 2.43. The standard InChI is InChI=1S/C17H11F6N3O/c18-16(19,20)11-4-10(5-12(7-11)17(21,22)23)14-3-1-2-9-6-13(8-25-26-24)27-15(9)14/h1-5,7,13H,6,8H2. The minimum Gasteiger partial charge on any atom is -0.489 e. The monoisotopic (exact) mass is 387 g/mol. The number of alkyl halides is 6. The maximum absolute atomic E-state index is 13.1. The quantitative estimate of drug-likeness (QED) is 0.276. The SMILES string of the molecule is [N-]=[N+]=NCC1Cc2cccc(-c3cc(C(F)(F)F)cc(C(F)(F)F)c3)c2O1. The van der Waals surface area contributed by atoms with E-state index in [1.807, 2.05) is 0 Å². The Morgan fingerprint density at radius 1 is 1.04 bits per heavy atom. The van der Waals surface area contributed by atoms with Gasteiger partial charge in [-0.05, 0) is 34.9 Å². The van der Waals surface area contributed by atoms with Crippen LogP contribution in [0.1, 0.15) is 16.7 Å². The predicted molar refractivity (Wildman–Crippen MR) is 84.0 cm³/mol. The average molecular weight is 387 g/mol. The topological polar surface area (TPSA) is 58.0 Å². The van der Waals surface area contributed by atoms with Crippen LogP contribution in [0.25, 0.3) is 21.6 Å². The van der Waals surface area contributed by atoms with Crippen LogP contribution < -0.4 is 4.74 Å². The number of halogens is 6. The lowest BCUT2D eigenvalue weighted by Crippen LogP contribution is -2.16. The molecule has 142 valence electrons. The van der Waals surface area contributed by atoms with E-state index >= 15 is 0 Å². The summed E-state index contributed by atoms with van der Waals surface area (Å²) in [5.41, 5.74) is 6.08. The molecule has 0 saturated heterocycles. The van der Waals surface area contributed by atoms with Crippen molar-refractivity contribution in [3.05, 3.63) is 63.5 Å². The Morgan fingerprint density at radius 3 is 2.22 bits per heavy atom. The molecule has 0 radical (unpaired) electrons. The van der Waals surface area contributed by atoms with Crippen molar-refractivity contribution in [1.29, 1.82) is 0 Å². The maximum atomic E-state index is 13.1. The molecule has 0 aliphatic carbocycles. The summed E-state index contributed by atoms with van der Waals surface area (Å²) in [5, 5.41) is 3.39. The molecule has 27 heavy (non-hydrogen) atoms. The fourth-order valence-electron chi connectivity index (χ4n) is 2.91. The van der Waals surface area contributed by atoms with Crippen molar-refractivity contribution in [2.45, 2.75) is 24.9 Å². The highest BCUT2D eigenvalue weighted by Gasteiger charge is 2.37. The van der Waals surface area contributed by atoms with Gasteiger partial charge in [0.05, 0.1) is 17.7 Å². The van der Waals surface area contributed by atoms with Crippen LogP contribution in [0.15, 0.2) is 41.5 Å². The van der Waals surface area contributed by atoms with Crippen LogP contribution in [-0.2, 0) is 18.8 Å². The van der Waals surface area contributed by atoms with Crippen molar-refractivity contribution >= 4 is 0 Å². The van der Waals surface area contributed by atoms with Crippen molar-refractivity contribution in [1.82, 2.24) is 0 Å². The van der Waals surface area contributed by atoms with Gasteiger partial charge in [0.1, 0.15) is 11.9 Å². The average Bonchev–Trinajstić information content (AvgIpc) is 3.01. The molecule has 0 fully saturated rings. The first-order chi connectivity index (χ1) is 12.6. The molecule has 1 heterocycles. The zero-order valence-electron chi connectivity index (χ0n) is 13.5. The number of nitrogens with zero attached hydrogens (tertiary/aromatic N) is 3. The number of para-hydroxylation sites is 1. The number of hydrogen-bond acceptors (Lipinski definition) is 2. The van der Waals surface area contributed by atoms with E-state index in [9.17, 15) is 26.3 Å². The summed E-state index contributed by atoms with van der Waals surface area (Å²) in [7, 11) is 0. The molecule has 0 N–H and O–H groups in total. The number of fused-ring (bicyclic) bond motifs is 1. The van der Waals surface area contributed by atoms with E-state index in [1.165, 1.54) is 12.1 Å². The van der Waals surface area contributed by atoms with Gasteiger partial charge in [0.2, 0.25) is 0 Å². The van der Waals surface area contributed by atoms with Gasteiger partial charge in [-0.2, -0.15) is 26.3 Å². The van der Waals surface area contributed by atoms with Crippen LogP contribution in [-0.4, -0.2) is 12.6 Å². The summed E-state index contributed by atoms with van der Waals surface area (Å²) in [6.45, 7) is 0.00100. The first-order valence-electron chi connectivity index (χ1n) is 7.69. The molecule has 1 aliphatic rings. The third kappa shape index (κ3) is 3.95. The molecule has 1 atom stereocenters. The molecule has 0 spiro atoms. The molecule has 1 unspecified atom stereocenters. The smallest absolute Gasteiger partial charge is 0.416 e. The van der Waals surface area contributed by atoms with Crippen LogP contribution >= 0.6 is 0 Å². The zero-order valence-corrected chi connectivity index (χ0v) is 13.5. The van der Waals surface area contributed by atoms with Gasteiger partial charge in [0.15, 0.2) is 0 Å². The van der Waals surface area contributed by atoms with E-state index < -0.39 is 29.6 Å². The van der Waals surface area contributed by atoms with Gasteiger partial charge in [0, 0.05) is 16.9 Å². The maximum Gasteiger partial charge on any atom is 0.416 e. The van der Waals surface area contributed by atoms with Gasteiger partial charge in [0.25, 0.3) is 0 Å². The lowest BCUT2D eigenvalue weighted by atomic mass is 9.96. The third-order valence-corrected chi connectivity index (χ3v) is 4.08. The number of hydrogen-bond donors (Lipinski definition) is 0. The lowest BCUT2D eigenvalue weighted by molar-refractivity contribution is -0.143. The Kier molecular flexibility index (Phi) is 4.69. The molecule has 1 aliphatic heterocycles. The van der Waals surface area contributed by atoms with Crippen LogP contribution in [0.5, 0.6) is 5.75 Å². The van der Waals surface area contributed by atoms with E-state index in [1.54, 1.807) is 6.07 Å². The molecule has 0 bridgehead atoms. The molecule has 0 saturated carbocycles. The Hall–Kier alpha value is -2.87. The molecule has 3 rings (SSSR count). The van der Waals surface area contributed by atoms with Gasteiger partial charge < -0.3 is 4.74 Å². The van der Waals surface area contributed by atoms with Crippen LogP contribution in [0.3, 0.4) is 0 Å². The fourth-order valence-corrected chi connectivity index (χ4v) is 2.91. The van der Waals surface area contributed by atoms with Crippen molar-refractivity contribution < 1.29 is 31.1 Å². The van der Waals surface area contributed by atoms with Gasteiger partial charge in [-0.25, -0.2) is 0 Å². The minimum atomic E-state index is -4.93. The first kappa shape index (κ1) is 18.9. The normalized spacial score (nSPS) is 16.4. The van der Waals surface area contributed by atoms with E-state index in [-0.39, 0.29) is 29.5 Å². The highest BCUT2D eigenvalue weighted by atomic mass is 19.4. The van der Waals surface area contributed by atoms with E-state index in [2.05, 4.69) is 10.0 Å². The molecular formula is C17H11F6N3O. The van der Waals surface area contributed by atoms with E-state index in [4.69, 9.17) is 10.3 Å². The van der Waals surface area contributed by atoms with Crippen LogP contribution in [0.2, 0.25) is 0 Å². The molecule has 2 aromatic carbocycles. The summed E-state index contributed by atoms with van der Waals surface area (Å²) < 4.78 is 84.1. The summed E-state index contributed by atoms with van der Waals surface area (Å²) in [4.78, 5) is 2.61. The Morgan fingerprint density at radius 2 is 1.67 bits per heavy atom. The zero-order chi connectivity index (χ0) is 19.8. The fraction of sp³-hybridized carbons (Fsp3) is 0.294. The predicted octanol–water partition coefficient (Wildman–Crippen LogP) is 6.01. The highest BCUT2D eigenvalue weighted by molar-refractivity contribution is 5.74. The second kappa shape index (κ2) is 6.70. The number of azide groups is 1. The molecule has 4 nitrogen and oxygen atoms in total.